The van der Waals surface area contributed by atoms with Crippen LogP contribution in [0.25, 0.3) is 204 Å². The van der Waals surface area contributed by atoms with Gasteiger partial charge in [0.15, 0.2) is 0 Å². The monoisotopic (exact) mass is 2700 g/mol. The van der Waals surface area contributed by atoms with Crippen molar-refractivity contribution >= 4 is 137 Å². The molecule has 0 atom stereocenters. The van der Waals surface area contributed by atoms with Gasteiger partial charge in [0.1, 0.15) is 0 Å². The minimum atomic E-state index is 0. The van der Waals surface area contributed by atoms with Crippen LogP contribution in [0.4, 0.5) is 0 Å². The fourth-order valence-corrected chi connectivity index (χ4v) is 20.9. The van der Waals surface area contributed by atoms with Gasteiger partial charge in [-0.2, -0.15) is 0 Å². The Labute approximate surface area is 882 Å². The Morgan fingerprint density at radius 3 is 1.00 bits per heavy atom. The van der Waals surface area contributed by atoms with Crippen molar-refractivity contribution in [2.75, 3.05) is 0 Å². The van der Waals surface area contributed by atoms with E-state index >= 15 is 0 Å². The number of nitrogens with zero attached hydrogens (tertiary/aromatic N) is 10. The zero-order chi connectivity index (χ0) is 92.3. The summed E-state index contributed by atoms with van der Waals surface area (Å²) in [7, 11) is 0. The summed E-state index contributed by atoms with van der Waals surface area (Å²) in [5.41, 5.74) is 43.1. The maximum atomic E-state index is 5.03. The molecular weight excluding hydrogens is 2600 g/mol. The number of pyridine rings is 5. The second kappa shape index (κ2) is 40.6. The van der Waals surface area contributed by atoms with Crippen molar-refractivity contribution in [1.29, 1.82) is 0 Å². The first-order valence-electron chi connectivity index (χ1n) is 46.2. The summed E-state index contributed by atoms with van der Waals surface area (Å²) in [4.78, 5) is 23.7. The molecule has 0 saturated heterocycles. The maximum absolute atomic E-state index is 5.03. The first-order chi connectivity index (χ1) is 65.8. The number of hydrogen-bond donors (Lipinski definition) is 0. The van der Waals surface area contributed by atoms with E-state index in [2.05, 4.69) is 420 Å². The molecule has 26 aromatic rings. The number of rotatable bonds is 6. The van der Waals surface area contributed by atoms with E-state index in [-0.39, 0.29) is 101 Å². The number of hydrogen-bond acceptors (Lipinski definition) is 5. The zero-order valence-corrected chi connectivity index (χ0v) is 91.9. The van der Waals surface area contributed by atoms with Gasteiger partial charge in [-0.05, 0) is 236 Å². The van der Waals surface area contributed by atoms with Crippen molar-refractivity contribution in [3.05, 3.63) is 443 Å². The molecular formula is C125H97Ir5N10-5. The van der Waals surface area contributed by atoms with Crippen LogP contribution in [0.5, 0.6) is 0 Å². The van der Waals surface area contributed by atoms with Gasteiger partial charge < -0.3 is 22.0 Å². The molecule has 10 aromatic heterocycles. The van der Waals surface area contributed by atoms with E-state index < -0.39 is 0 Å². The van der Waals surface area contributed by atoms with Gasteiger partial charge in [-0.25, -0.2) is 0 Å². The summed E-state index contributed by atoms with van der Waals surface area (Å²) in [5.74, 6) is 0. The van der Waals surface area contributed by atoms with Crippen molar-refractivity contribution in [2.24, 2.45) is 0 Å². The SMILES string of the molecule is Cc1c[c-]c2c(c1)c1cc(C)ccc1n1ccnc21.Cc1cc(C)c(-c2ccc3c(c2)c2ccc[c-]c2c2nccn32)c(C)c1.Cc1cc2c3ccc[c-]c3c3ncc(-c4c(-c5ccccc5)cccc4-c4ccccc4)n3c2cc1C.Cc1cc2c3ccc[c-]c3c3ncc(-c4c(C)cccc4C)n3c2cc1C.Cc1ccc2c(c1)c1ccc[c-]c1c1ncc(-c3c(C)cccc3C)n21.[Ir].[Ir].[Ir].[Ir].[Ir]. The van der Waals surface area contributed by atoms with Gasteiger partial charge >= 0.3 is 0 Å². The number of fused-ring (bicyclic) bond motifs is 30. The summed E-state index contributed by atoms with van der Waals surface area (Å²) >= 11 is 0. The van der Waals surface area contributed by atoms with Crippen molar-refractivity contribution in [1.82, 2.24) is 46.9 Å². The van der Waals surface area contributed by atoms with Gasteiger partial charge in [-0.1, -0.05) is 226 Å². The van der Waals surface area contributed by atoms with Crippen molar-refractivity contribution in [3.63, 3.8) is 0 Å². The molecule has 0 aliphatic rings. The van der Waals surface area contributed by atoms with E-state index in [1.165, 1.54) is 209 Å². The first-order valence-corrected chi connectivity index (χ1v) is 46.2. The molecule has 0 aliphatic heterocycles. The molecule has 0 fully saturated rings. The smallest absolute Gasteiger partial charge is 0.0646 e. The van der Waals surface area contributed by atoms with Crippen LogP contribution in [0.3, 0.4) is 0 Å². The standard InChI is InChI=1S/C35H25N2.C25H21N2.2C24H19N2.C17H13N2.5Ir/c1-23-20-31-29-16-9-10-17-30(29)35-36-22-33(37(35)32(31)21-24(23)2)34-27(25-12-5-3-6-13-25)18-11-19-28(34)26-14-7-4-8-15-26;1-15-8-7-9-16(2)24(15)23-14-26-25-20-11-6-5-10-19(20)21-12-17(3)18(4)13-22(21)27(23)25;1-15-11-12-21-20(13-15)18-9-4-5-10-19(18)24-25-14-22(26(21)24)23-16(2)7-6-8-17(23)3;1-15-12-16(2)23(17(3)13-15)18-8-9-22-21(14-18)19-6-4-5-7-20(19)24-25-10-11-26(22)24;1-11-3-5-13-14(9-11)15-10-12(2)4-6-16(15)19-8-7-18-17(13)19;;;;;/h3-16,18-22H,1-2H3;5-10,12-14H,1-4H3;4-9,11-14H,1-3H3;4-6,8-14H,1-3H3;3-4,6-10H,1-2H3;;;;;/q5*-1;;;;;. The quantitative estimate of drug-likeness (QED) is 0.122. The van der Waals surface area contributed by atoms with Gasteiger partial charge in [0, 0.05) is 188 Å². The van der Waals surface area contributed by atoms with E-state index in [4.69, 9.17) is 15.0 Å². The Hall–Kier alpha value is -13.2. The van der Waals surface area contributed by atoms with Crippen LogP contribution in [-0.2, 0) is 101 Å². The predicted octanol–water partition coefficient (Wildman–Crippen LogP) is 31.5. The molecule has 0 N–H and O–H groups in total. The average molecular weight is 2700 g/mol. The van der Waals surface area contributed by atoms with E-state index in [0.29, 0.717) is 0 Å². The summed E-state index contributed by atoms with van der Waals surface area (Å²) in [6.07, 6.45) is 13.8. The summed E-state index contributed by atoms with van der Waals surface area (Å²) in [6, 6.07) is 121. The number of benzene rings is 16. The van der Waals surface area contributed by atoms with Crippen LogP contribution in [-0.4, -0.2) is 46.9 Å². The van der Waals surface area contributed by atoms with E-state index in [9.17, 15) is 0 Å². The van der Waals surface area contributed by atoms with E-state index in [1.807, 2.05) is 73.7 Å². The second-order valence-corrected chi connectivity index (χ2v) is 36.4. The Morgan fingerprint density at radius 2 is 0.564 bits per heavy atom. The molecule has 0 unspecified atom stereocenters. The Morgan fingerprint density at radius 1 is 0.214 bits per heavy atom. The fourth-order valence-electron chi connectivity index (χ4n) is 20.9. The van der Waals surface area contributed by atoms with Crippen LogP contribution in [0.2, 0.25) is 0 Å². The number of imidazole rings is 5. The molecule has 0 amide bonds. The molecule has 15 heteroatoms. The van der Waals surface area contributed by atoms with Crippen LogP contribution < -0.4 is 0 Å². The normalized spacial score (nSPS) is 11.2. The van der Waals surface area contributed by atoms with Crippen LogP contribution in [0.1, 0.15) is 77.9 Å². The van der Waals surface area contributed by atoms with Crippen LogP contribution in [0.15, 0.2) is 335 Å². The van der Waals surface area contributed by atoms with Gasteiger partial charge in [0.05, 0.1) is 45.3 Å². The van der Waals surface area contributed by atoms with Crippen molar-refractivity contribution in [2.45, 2.75) is 96.9 Å². The largest absolute Gasteiger partial charge is 0.340 e. The van der Waals surface area contributed by atoms with E-state index in [0.717, 1.165) is 72.2 Å². The van der Waals surface area contributed by atoms with Crippen molar-refractivity contribution in [3.8, 4) is 67.2 Å². The molecule has 0 bridgehead atoms. The van der Waals surface area contributed by atoms with Crippen molar-refractivity contribution < 1.29 is 101 Å². The second-order valence-electron chi connectivity index (χ2n) is 36.4. The topological polar surface area (TPSA) is 86.5 Å². The third kappa shape index (κ3) is 17.4. The Bertz CT molecular complexity index is 9130. The molecule has 10 nitrogen and oxygen atoms in total. The summed E-state index contributed by atoms with van der Waals surface area (Å²) < 4.78 is 11.3. The molecule has 10 heterocycles. The minimum Gasteiger partial charge on any atom is -0.340 e. The minimum absolute atomic E-state index is 0. The Kier molecular flexibility index (Phi) is 28.5. The van der Waals surface area contributed by atoms with E-state index in [1.54, 1.807) is 0 Å². The molecule has 26 rings (SSSR count). The Balaban J connectivity index is 0.000000121. The molecule has 0 aliphatic carbocycles. The van der Waals surface area contributed by atoms with Gasteiger partial charge in [0.25, 0.3) is 0 Å². The average Bonchev–Trinajstić information content (AvgIpc) is 1.56. The summed E-state index contributed by atoms with van der Waals surface area (Å²) in [5, 5.41) is 17.6. The third-order valence-electron chi connectivity index (χ3n) is 27.3. The first kappa shape index (κ1) is 98.4. The molecule has 16 aromatic carbocycles. The molecule has 140 heavy (non-hydrogen) atoms. The fraction of sp³-hybridized carbons (Fsp3) is 0.112. The predicted molar refractivity (Wildman–Crippen MR) is 564 cm³/mol. The van der Waals surface area contributed by atoms with Crippen LogP contribution >= 0.6 is 0 Å². The summed E-state index contributed by atoms with van der Waals surface area (Å²) in [6.45, 7) is 30.3. The molecule has 697 valence electrons. The molecule has 0 saturated carbocycles. The molecule has 5 radical (unpaired) electrons. The third-order valence-corrected chi connectivity index (χ3v) is 27.3. The van der Waals surface area contributed by atoms with Gasteiger partial charge in [-0.15, -0.1) is 148 Å². The van der Waals surface area contributed by atoms with Crippen LogP contribution in [0, 0.1) is 127 Å². The van der Waals surface area contributed by atoms with Gasteiger partial charge in [0.2, 0.25) is 0 Å². The van der Waals surface area contributed by atoms with Gasteiger partial charge in [-0.3, -0.25) is 24.9 Å². The maximum Gasteiger partial charge on any atom is 0.0646 e. The zero-order valence-electron chi connectivity index (χ0n) is 79.9. The molecule has 0 spiro atoms. The number of aromatic nitrogens is 10. The number of aryl methyl sites for hydroxylation is 14.